The van der Waals surface area contributed by atoms with Crippen LogP contribution in [0.2, 0.25) is 0 Å². The van der Waals surface area contributed by atoms with Crippen LogP contribution >= 0.6 is 36.2 Å². The third kappa shape index (κ3) is 6.41. The molecule has 1 aromatic heterocycles. The molecule has 7 heteroatoms. The molecule has 4 nitrogen and oxygen atoms in total. The van der Waals surface area contributed by atoms with Crippen LogP contribution in [0.5, 0.6) is 0 Å². The van der Waals surface area contributed by atoms with Crippen LogP contribution in [0.1, 0.15) is 55.6 Å². The van der Waals surface area contributed by atoms with E-state index >= 15 is 0 Å². The molecular weight excluding hydrogens is 341 g/mol. The zero-order valence-corrected chi connectivity index (χ0v) is 15.5. The highest BCUT2D eigenvalue weighted by Gasteiger charge is 2.34. The number of nitrogens with one attached hydrogen (secondary N) is 1. The van der Waals surface area contributed by atoms with E-state index in [2.05, 4.69) is 15.7 Å². The van der Waals surface area contributed by atoms with Gasteiger partial charge in [-0.15, -0.1) is 36.2 Å². The largest absolute Gasteiger partial charge is 0.355 e. The summed E-state index contributed by atoms with van der Waals surface area (Å²) in [5.74, 6) is 0.0438. The molecule has 0 aliphatic heterocycles. The molecule has 0 aromatic carbocycles. The Morgan fingerprint density at radius 3 is 2.59 bits per heavy atom. The number of nitrogens with two attached hydrogens (primary N) is 1. The van der Waals surface area contributed by atoms with Gasteiger partial charge in [-0.1, -0.05) is 19.3 Å². The highest BCUT2D eigenvalue weighted by molar-refractivity contribution is 7.09. The lowest BCUT2D eigenvalue weighted by Crippen LogP contribution is -2.55. The van der Waals surface area contributed by atoms with E-state index in [0.717, 1.165) is 57.2 Å². The third-order valence-corrected chi connectivity index (χ3v) is 4.99. The summed E-state index contributed by atoms with van der Waals surface area (Å²) >= 11 is 1.72. The van der Waals surface area contributed by atoms with E-state index in [1.54, 1.807) is 11.3 Å². The molecule has 1 fully saturated rings. The second-order valence-corrected chi connectivity index (χ2v) is 6.76. The normalized spacial score (nSPS) is 16.3. The molecule has 0 unspecified atom stereocenters. The van der Waals surface area contributed by atoms with Gasteiger partial charge in [-0.2, -0.15) is 0 Å². The number of aromatic nitrogens is 1. The number of unbranched alkanes of at least 4 members (excludes halogenated alkanes) is 1. The lowest BCUT2D eigenvalue weighted by atomic mass is 9.82. The molecule has 1 aromatic rings. The minimum Gasteiger partial charge on any atom is -0.355 e. The highest BCUT2D eigenvalue weighted by atomic mass is 35.5. The Bertz CT molecular complexity index is 448. The van der Waals surface area contributed by atoms with Crippen molar-refractivity contribution < 1.29 is 4.79 Å². The predicted molar refractivity (Wildman–Crippen MR) is 97.3 cm³/mol. The molecule has 1 heterocycles. The number of halogens is 2. The van der Waals surface area contributed by atoms with Crippen molar-refractivity contribution in [2.45, 2.75) is 63.8 Å². The van der Waals surface area contributed by atoms with Gasteiger partial charge < -0.3 is 11.1 Å². The molecule has 0 bridgehead atoms. The monoisotopic (exact) mass is 367 g/mol. The Kier molecular flexibility index (Phi) is 10.3. The van der Waals surface area contributed by atoms with Gasteiger partial charge in [-0.25, -0.2) is 4.98 Å². The van der Waals surface area contributed by atoms with Gasteiger partial charge >= 0.3 is 0 Å². The molecule has 1 aliphatic carbocycles. The van der Waals surface area contributed by atoms with E-state index in [1.165, 1.54) is 11.4 Å². The molecule has 1 saturated carbocycles. The number of rotatable bonds is 6. The van der Waals surface area contributed by atoms with E-state index in [9.17, 15) is 4.79 Å². The SMILES string of the molecule is Cc1csc(CCCCNC(=O)C2(N)CCCCC2)n1.Cl.Cl. The fourth-order valence-electron chi connectivity index (χ4n) is 2.71. The Morgan fingerprint density at radius 1 is 1.32 bits per heavy atom. The molecule has 3 N–H and O–H groups in total. The average molecular weight is 368 g/mol. The summed E-state index contributed by atoms with van der Waals surface area (Å²) in [5, 5.41) is 6.28. The average Bonchev–Trinajstić information content (AvgIpc) is 2.85. The van der Waals surface area contributed by atoms with Gasteiger partial charge in [0.2, 0.25) is 5.91 Å². The van der Waals surface area contributed by atoms with Crippen LogP contribution in [-0.4, -0.2) is 23.0 Å². The summed E-state index contributed by atoms with van der Waals surface area (Å²) in [6.45, 7) is 2.74. The number of aryl methyl sites for hydroxylation is 2. The highest BCUT2D eigenvalue weighted by Crippen LogP contribution is 2.25. The Balaban J connectivity index is 0.00000220. The lowest BCUT2D eigenvalue weighted by molar-refractivity contribution is -0.127. The van der Waals surface area contributed by atoms with Crippen LogP contribution in [0.4, 0.5) is 0 Å². The second-order valence-electron chi connectivity index (χ2n) is 5.81. The Morgan fingerprint density at radius 2 is 2.00 bits per heavy atom. The van der Waals surface area contributed by atoms with E-state index < -0.39 is 5.54 Å². The van der Waals surface area contributed by atoms with Crippen LogP contribution < -0.4 is 11.1 Å². The van der Waals surface area contributed by atoms with Crippen LogP contribution in [0, 0.1) is 6.92 Å². The van der Waals surface area contributed by atoms with Crippen LogP contribution in [-0.2, 0) is 11.2 Å². The topological polar surface area (TPSA) is 68.0 Å². The van der Waals surface area contributed by atoms with Gasteiger partial charge in [0.05, 0.1) is 10.5 Å². The maximum atomic E-state index is 12.1. The summed E-state index contributed by atoms with van der Waals surface area (Å²) in [7, 11) is 0. The van der Waals surface area contributed by atoms with Gasteiger partial charge in [0, 0.05) is 17.6 Å². The minimum absolute atomic E-state index is 0. The second kappa shape index (κ2) is 10.4. The maximum absolute atomic E-state index is 12.1. The van der Waals surface area contributed by atoms with Gasteiger partial charge in [-0.05, 0) is 39.0 Å². The van der Waals surface area contributed by atoms with Crippen molar-refractivity contribution in [1.29, 1.82) is 0 Å². The first-order valence-electron chi connectivity index (χ1n) is 7.58. The van der Waals surface area contributed by atoms with Crippen molar-refractivity contribution >= 4 is 42.1 Å². The summed E-state index contributed by atoms with van der Waals surface area (Å²) < 4.78 is 0. The number of hydrogen-bond donors (Lipinski definition) is 2. The first-order chi connectivity index (χ1) is 9.60. The minimum atomic E-state index is -0.606. The smallest absolute Gasteiger partial charge is 0.240 e. The fourth-order valence-corrected chi connectivity index (χ4v) is 3.52. The molecule has 2 rings (SSSR count). The van der Waals surface area contributed by atoms with Crippen molar-refractivity contribution in [2.75, 3.05) is 6.54 Å². The standard InChI is InChI=1S/C15H25N3OS.2ClH/c1-12-11-20-13(18-12)7-3-6-10-17-14(19)15(16)8-4-2-5-9-15;;/h11H,2-10,16H2,1H3,(H,17,19);2*1H. The summed E-state index contributed by atoms with van der Waals surface area (Å²) in [5.41, 5.74) is 6.68. The van der Waals surface area contributed by atoms with Crippen molar-refractivity contribution in [1.82, 2.24) is 10.3 Å². The Labute approximate surface area is 149 Å². The molecule has 0 radical (unpaired) electrons. The molecule has 22 heavy (non-hydrogen) atoms. The summed E-state index contributed by atoms with van der Waals surface area (Å²) in [6, 6.07) is 0. The number of carbonyl (C=O) groups excluding carboxylic acids is 1. The molecule has 0 spiro atoms. The molecule has 1 aliphatic rings. The fraction of sp³-hybridized carbons (Fsp3) is 0.733. The lowest BCUT2D eigenvalue weighted by Gasteiger charge is -2.31. The quantitative estimate of drug-likeness (QED) is 0.757. The van der Waals surface area contributed by atoms with Gasteiger partial charge in [0.1, 0.15) is 0 Å². The van der Waals surface area contributed by atoms with Gasteiger partial charge in [-0.3, -0.25) is 4.79 Å². The zero-order chi connectivity index (χ0) is 14.4. The summed E-state index contributed by atoms with van der Waals surface area (Å²) in [4.78, 5) is 16.5. The van der Waals surface area contributed by atoms with E-state index in [1.807, 2.05) is 6.92 Å². The van der Waals surface area contributed by atoms with Crippen molar-refractivity contribution in [3.05, 3.63) is 16.1 Å². The van der Waals surface area contributed by atoms with E-state index in [-0.39, 0.29) is 30.7 Å². The van der Waals surface area contributed by atoms with Crippen LogP contribution in [0.15, 0.2) is 5.38 Å². The maximum Gasteiger partial charge on any atom is 0.240 e. The van der Waals surface area contributed by atoms with Crippen molar-refractivity contribution in [3.8, 4) is 0 Å². The Hall–Kier alpha value is -0.360. The molecule has 1 amide bonds. The number of carbonyl (C=O) groups is 1. The predicted octanol–water partition coefficient (Wildman–Crippen LogP) is 3.40. The van der Waals surface area contributed by atoms with Crippen LogP contribution in [0.3, 0.4) is 0 Å². The number of hydrogen-bond acceptors (Lipinski definition) is 4. The first-order valence-corrected chi connectivity index (χ1v) is 8.46. The van der Waals surface area contributed by atoms with E-state index in [0.29, 0.717) is 0 Å². The van der Waals surface area contributed by atoms with Crippen molar-refractivity contribution in [2.24, 2.45) is 5.73 Å². The first kappa shape index (κ1) is 21.6. The zero-order valence-electron chi connectivity index (χ0n) is 13.1. The van der Waals surface area contributed by atoms with Crippen LogP contribution in [0.25, 0.3) is 0 Å². The molecular formula is C15H27Cl2N3OS. The van der Waals surface area contributed by atoms with Gasteiger partial charge in [0.15, 0.2) is 0 Å². The number of nitrogens with zero attached hydrogens (tertiary/aromatic N) is 1. The van der Waals surface area contributed by atoms with Gasteiger partial charge in [0.25, 0.3) is 0 Å². The molecule has 0 atom stereocenters. The molecule has 0 saturated heterocycles. The van der Waals surface area contributed by atoms with E-state index in [4.69, 9.17) is 5.73 Å². The summed E-state index contributed by atoms with van der Waals surface area (Å²) in [6.07, 6.45) is 8.07. The molecule has 128 valence electrons. The number of thiazole rings is 1. The third-order valence-electron chi connectivity index (χ3n) is 3.97. The number of amides is 1. The van der Waals surface area contributed by atoms with Crippen molar-refractivity contribution in [3.63, 3.8) is 0 Å².